The summed E-state index contributed by atoms with van der Waals surface area (Å²) >= 11 is 0. The first-order valence-electron chi connectivity index (χ1n) is 13.4. The van der Waals surface area contributed by atoms with Crippen molar-refractivity contribution in [2.24, 2.45) is 0 Å². The van der Waals surface area contributed by atoms with Gasteiger partial charge in [-0.05, 0) is 54.8 Å². The molecule has 0 aliphatic carbocycles. The molecular weight excluding hydrogens is 544 g/mol. The van der Waals surface area contributed by atoms with Gasteiger partial charge in [-0.2, -0.15) is 0 Å². The molecule has 0 bridgehead atoms. The number of anilines is 1. The fourth-order valence-corrected chi connectivity index (χ4v) is 6.67. The molecule has 10 nitrogen and oxygen atoms in total. The number of hydrogen-bond acceptors (Lipinski definition) is 6. The Morgan fingerprint density at radius 2 is 1.76 bits per heavy atom. The molecule has 0 unspecified atom stereocenters. The van der Waals surface area contributed by atoms with E-state index in [0.29, 0.717) is 53.2 Å². The number of fused-ring (bicyclic) bond motifs is 1. The Kier molecular flexibility index (Phi) is 7.83. The number of carbonyl (C=O) groups is 3. The molecule has 11 heteroatoms. The number of nitrogens with zero attached hydrogens (tertiary/aromatic N) is 1. The van der Waals surface area contributed by atoms with Crippen molar-refractivity contribution in [2.75, 3.05) is 38.5 Å². The SMILES string of the molecule is Cc1[nH]c(/C=C2\C(=O)Nc3ccc(S(=O)(=O)Cc4ccc(COC=O)cc4)cc32)c(C)c1C(=O)N1CC[NH+](C)CC1. The van der Waals surface area contributed by atoms with Gasteiger partial charge in [0.05, 0.1) is 55.0 Å². The maximum absolute atomic E-state index is 13.3. The topological polar surface area (TPSA) is 130 Å². The molecule has 1 saturated heterocycles. The second kappa shape index (κ2) is 11.3. The minimum absolute atomic E-state index is 0.0256. The van der Waals surface area contributed by atoms with Gasteiger partial charge >= 0.3 is 0 Å². The highest BCUT2D eigenvalue weighted by Crippen LogP contribution is 2.36. The van der Waals surface area contributed by atoms with Gasteiger partial charge in [0.25, 0.3) is 18.3 Å². The number of likely N-dealkylation sites (N-methyl/N-ethyl adjacent to an activating group) is 1. The number of amides is 2. The lowest BCUT2D eigenvalue weighted by atomic mass is 10.0. The number of carbonyl (C=O) groups excluding carboxylic acids is 3. The molecule has 41 heavy (non-hydrogen) atoms. The lowest BCUT2D eigenvalue weighted by Gasteiger charge is -2.30. The molecule has 3 aromatic rings. The highest BCUT2D eigenvalue weighted by atomic mass is 32.2. The molecule has 2 aliphatic rings. The molecule has 214 valence electrons. The number of quaternary nitrogens is 1. The largest absolute Gasteiger partial charge is 0.463 e. The van der Waals surface area contributed by atoms with Crippen molar-refractivity contribution >= 4 is 45.5 Å². The Bertz CT molecular complexity index is 1650. The summed E-state index contributed by atoms with van der Waals surface area (Å²) in [6.45, 7) is 7.36. The van der Waals surface area contributed by atoms with Crippen LogP contribution in [0.25, 0.3) is 11.6 Å². The van der Waals surface area contributed by atoms with Crippen LogP contribution < -0.4 is 10.2 Å². The molecule has 3 N–H and O–H groups in total. The van der Waals surface area contributed by atoms with Gasteiger partial charge in [-0.1, -0.05) is 24.3 Å². The molecular formula is C30H33N4O6S+. The zero-order valence-corrected chi connectivity index (χ0v) is 24.1. The first kappa shape index (κ1) is 28.3. The molecule has 1 fully saturated rings. The van der Waals surface area contributed by atoms with E-state index in [9.17, 15) is 22.8 Å². The van der Waals surface area contributed by atoms with Crippen LogP contribution in [0.5, 0.6) is 0 Å². The molecule has 1 aromatic heterocycles. The number of aromatic amines is 1. The molecule has 0 spiro atoms. The van der Waals surface area contributed by atoms with Crippen LogP contribution >= 0.6 is 0 Å². The molecule has 5 rings (SSSR count). The molecule has 0 atom stereocenters. The summed E-state index contributed by atoms with van der Waals surface area (Å²) in [5.41, 5.74) is 5.38. The van der Waals surface area contributed by atoms with Crippen LogP contribution in [-0.4, -0.2) is 69.8 Å². The second-order valence-electron chi connectivity index (χ2n) is 10.6. The van der Waals surface area contributed by atoms with Crippen LogP contribution in [0.1, 0.15) is 44.0 Å². The normalized spacial score (nSPS) is 16.5. The highest BCUT2D eigenvalue weighted by molar-refractivity contribution is 7.90. The van der Waals surface area contributed by atoms with E-state index in [1.54, 1.807) is 36.4 Å². The smallest absolute Gasteiger partial charge is 0.293 e. The molecule has 2 aromatic carbocycles. The van der Waals surface area contributed by atoms with Crippen molar-refractivity contribution in [1.82, 2.24) is 9.88 Å². The Morgan fingerprint density at radius 1 is 1.07 bits per heavy atom. The third-order valence-electron chi connectivity index (χ3n) is 7.71. The predicted octanol–water partition coefficient (Wildman–Crippen LogP) is 1.74. The monoisotopic (exact) mass is 577 g/mol. The second-order valence-corrected chi connectivity index (χ2v) is 12.6. The first-order valence-corrected chi connectivity index (χ1v) is 15.1. The summed E-state index contributed by atoms with van der Waals surface area (Å²) < 4.78 is 31.3. The summed E-state index contributed by atoms with van der Waals surface area (Å²) in [6, 6.07) is 11.4. The Balaban J connectivity index is 1.41. The van der Waals surface area contributed by atoms with Gasteiger partial charge in [-0.3, -0.25) is 14.4 Å². The van der Waals surface area contributed by atoms with Crippen molar-refractivity contribution in [2.45, 2.75) is 31.1 Å². The van der Waals surface area contributed by atoms with Gasteiger partial charge < -0.3 is 24.8 Å². The summed E-state index contributed by atoms with van der Waals surface area (Å²) in [5, 5.41) is 2.81. The molecule has 0 saturated carbocycles. The Labute approximate surface area is 238 Å². The Morgan fingerprint density at radius 3 is 2.44 bits per heavy atom. The Hall–Kier alpha value is -4.22. The maximum atomic E-state index is 13.3. The van der Waals surface area contributed by atoms with E-state index in [4.69, 9.17) is 4.74 Å². The van der Waals surface area contributed by atoms with Crippen molar-refractivity contribution in [3.8, 4) is 0 Å². The molecule has 2 amide bonds. The predicted molar refractivity (Wildman–Crippen MR) is 154 cm³/mol. The lowest BCUT2D eigenvalue weighted by molar-refractivity contribution is -0.883. The number of sulfone groups is 1. The van der Waals surface area contributed by atoms with E-state index in [1.165, 1.54) is 17.0 Å². The van der Waals surface area contributed by atoms with E-state index in [0.717, 1.165) is 29.9 Å². The van der Waals surface area contributed by atoms with Crippen molar-refractivity contribution < 1.29 is 32.4 Å². The fourth-order valence-electron chi connectivity index (χ4n) is 5.30. The summed E-state index contributed by atoms with van der Waals surface area (Å²) in [7, 11) is -1.61. The number of H-pyrrole nitrogens is 1. The number of aromatic nitrogens is 1. The van der Waals surface area contributed by atoms with Gasteiger partial charge in [0, 0.05) is 22.6 Å². The standard InChI is InChI=1S/C30H32N4O6S/c1-19-27(31-20(2)28(19)30(37)34-12-10-33(3)11-13-34)15-25-24-14-23(8-9-26(24)32-29(25)36)41(38,39)17-22-6-4-21(5-7-22)16-40-18-35/h4-9,14-15,18,31H,10-13,16-17H2,1-3H3,(H,32,36)/p+1/b25-15-. The number of aryl methyl sites for hydroxylation is 1. The van der Waals surface area contributed by atoms with E-state index >= 15 is 0 Å². The van der Waals surface area contributed by atoms with Gasteiger partial charge in [-0.25, -0.2) is 8.42 Å². The third-order valence-corrected chi connectivity index (χ3v) is 9.40. The van der Waals surface area contributed by atoms with Crippen LogP contribution in [0.2, 0.25) is 0 Å². The number of hydrogen-bond donors (Lipinski definition) is 3. The average Bonchev–Trinajstić information content (AvgIpc) is 3.41. The van der Waals surface area contributed by atoms with E-state index in [1.807, 2.05) is 18.7 Å². The number of ether oxygens (including phenoxy) is 1. The van der Waals surface area contributed by atoms with Crippen LogP contribution in [0.4, 0.5) is 5.69 Å². The van der Waals surface area contributed by atoms with Crippen LogP contribution in [0, 0.1) is 13.8 Å². The van der Waals surface area contributed by atoms with Gasteiger partial charge in [-0.15, -0.1) is 0 Å². The van der Waals surface area contributed by atoms with Crippen LogP contribution in [-0.2, 0) is 36.5 Å². The minimum Gasteiger partial charge on any atom is -0.463 e. The maximum Gasteiger partial charge on any atom is 0.293 e. The quantitative estimate of drug-likeness (QED) is 0.276. The minimum atomic E-state index is -3.73. The summed E-state index contributed by atoms with van der Waals surface area (Å²) in [4.78, 5) is 43.3. The number of piperazine rings is 1. The van der Waals surface area contributed by atoms with E-state index < -0.39 is 9.84 Å². The molecule has 0 radical (unpaired) electrons. The fraction of sp³-hybridized carbons (Fsp3) is 0.300. The average molecular weight is 578 g/mol. The van der Waals surface area contributed by atoms with Crippen molar-refractivity contribution in [3.63, 3.8) is 0 Å². The van der Waals surface area contributed by atoms with Crippen molar-refractivity contribution in [1.29, 1.82) is 0 Å². The van der Waals surface area contributed by atoms with Crippen LogP contribution in [0.3, 0.4) is 0 Å². The lowest BCUT2D eigenvalue weighted by Crippen LogP contribution is -3.12. The van der Waals surface area contributed by atoms with Crippen molar-refractivity contribution in [3.05, 3.63) is 81.7 Å². The molecule has 2 aliphatic heterocycles. The van der Waals surface area contributed by atoms with Gasteiger partial charge in [0.1, 0.15) is 6.61 Å². The third kappa shape index (κ3) is 5.82. The zero-order chi connectivity index (χ0) is 29.3. The number of rotatable bonds is 8. The highest BCUT2D eigenvalue weighted by Gasteiger charge is 2.30. The van der Waals surface area contributed by atoms with E-state index in [-0.39, 0.29) is 29.1 Å². The molecule has 3 heterocycles. The van der Waals surface area contributed by atoms with E-state index in [2.05, 4.69) is 17.3 Å². The zero-order valence-electron chi connectivity index (χ0n) is 23.2. The van der Waals surface area contributed by atoms with Gasteiger partial charge in [0.2, 0.25) is 0 Å². The summed E-state index contributed by atoms with van der Waals surface area (Å²) in [5.74, 6) is -0.596. The number of nitrogens with one attached hydrogen (secondary N) is 3. The van der Waals surface area contributed by atoms with Crippen LogP contribution in [0.15, 0.2) is 47.4 Å². The summed E-state index contributed by atoms with van der Waals surface area (Å²) in [6.07, 6.45) is 1.69. The van der Waals surface area contributed by atoms with Gasteiger partial charge in [0.15, 0.2) is 9.84 Å². The number of benzene rings is 2. The first-order chi connectivity index (χ1) is 19.6.